The predicted octanol–water partition coefficient (Wildman–Crippen LogP) is 4.24. The molecule has 4 nitrogen and oxygen atoms in total. The van der Waals surface area contributed by atoms with Crippen LogP contribution >= 0.6 is 0 Å². The van der Waals surface area contributed by atoms with Gasteiger partial charge in [0.25, 0.3) is 0 Å². The highest BCUT2D eigenvalue weighted by Crippen LogP contribution is 2.28. The van der Waals surface area contributed by atoms with E-state index in [1.165, 1.54) is 6.08 Å². The summed E-state index contributed by atoms with van der Waals surface area (Å²) in [7, 11) is 1.59. The minimum atomic E-state index is -0.199. The van der Waals surface area contributed by atoms with Gasteiger partial charge in [-0.25, -0.2) is 0 Å². The van der Waals surface area contributed by atoms with Gasteiger partial charge in [0.2, 0.25) is 5.78 Å². The van der Waals surface area contributed by atoms with Crippen LogP contribution in [0.3, 0.4) is 0 Å². The lowest BCUT2D eigenvalue weighted by molar-refractivity contribution is 0.102. The molecule has 0 aliphatic rings. The van der Waals surface area contributed by atoms with Gasteiger partial charge in [-0.05, 0) is 43.3 Å². The highest BCUT2D eigenvalue weighted by atomic mass is 16.5. The maximum Gasteiger partial charge on any atom is 0.221 e. The van der Waals surface area contributed by atoms with E-state index in [1.807, 2.05) is 24.3 Å². The molecule has 0 amide bonds. The lowest BCUT2D eigenvalue weighted by atomic mass is 10.2. The summed E-state index contributed by atoms with van der Waals surface area (Å²) in [5.74, 6) is 2.08. The van der Waals surface area contributed by atoms with Gasteiger partial charge in [-0.15, -0.1) is 0 Å². The maximum absolute atomic E-state index is 11.9. The summed E-state index contributed by atoms with van der Waals surface area (Å²) in [6.07, 6.45) is 3.06. The van der Waals surface area contributed by atoms with E-state index in [-0.39, 0.29) is 5.78 Å². The Bertz CT molecular complexity index is 820. The van der Waals surface area contributed by atoms with Crippen molar-refractivity contribution >= 4 is 22.8 Å². The van der Waals surface area contributed by atoms with Crippen molar-refractivity contribution in [1.82, 2.24) is 0 Å². The van der Waals surface area contributed by atoms with Crippen LogP contribution < -0.4 is 4.74 Å². The number of hydrogen-bond acceptors (Lipinski definition) is 4. The molecule has 0 aliphatic heterocycles. The minimum Gasteiger partial charge on any atom is -0.493 e. The van der Waals surface area contributed by atoms with E-state index >= 15 is 0 Å². The van der Waals surface area contributed by atoms with Crippen molar-refractivity contribution in [2.75, 3.05) is 7.11 Å². The van der Waals surface area contributed by atoms with Gasteiger partial charge < -0.3 is 13.6 Å². The van der Waals surface area contributed by atoms with Crippen LogP contribution in [-0.4, -0.2) is 12.9 Å². The second kappa shape index (κ2) is 5.32. The molecule has 0 N–H and O–H groups in total. The topological polar surface area (TPSA) is 52.6 Å². The number of fused-ring (bicyclic) bond motifs is 1. The summed E-state index contributed by atoms with van der Waals surface area (Å²) < 4.78 is 16.2. The third kappa shape index (κ3) is 2.60. The van der Waals surface area contributed by atoms with Crippen molar-refractivity contribution in [3.8, 4) is 5.75 Å². The Hall–Kier alpha value is -2.75. The number of rotatable bonds is 4. The summed E-state index contributed by atoms with van der Waals surface area (Å²) in [6.45, 7) is 1.80. The molecule has 0 atom stereocenters. The van der Waals surface area contributed by atoms with E-state index in [0.717, 1.165) is 5.39 Å². The van der Waals surface area contributed by atoms with Gasteiger partial charge in [-0.1, -0.05) is 12.1 Å². The Labute approximate surface area is 121 Å². The molecule has 3 rings (SSSR count). The lowest BCUT2D eigenvalue weighted by Gasteiger charge is -1.98. The average Bonchev–Trinajstić information content (AvgIpc) is 3.10. The smallest absolute Gasteiger partial charge is 0.221 e. The van der Waals surface area contributed by atoms with E-state index in [9.17, 15) is 4.79 Å². The van der Waals surface area contributed by atoms with E-state index in [1.54, 1.807) is 32.2 Å². The van der Waals surface area contributed by atoms with Crippen molar-refractivity contribution in [3.05, 3.63) is 59.8 Å². The van der Waals surface area contributed by atoms with Crippen LogP contribution in [0.5, 0.6) is 5.75 Å². The van der Waals surface area contributed by atoms with Crippen molar-refractivity contribution in [3.63, 3.8) is 0 Å². The first-order valence-electron chi connectivity index (χ1n) is 6.53. The third-order valence-electron chi connectivity index (χ3n) is 3.13. The molecule has 0 bridgehead atoms. The number of methoxy groups -OCH3 is 1. The number of para-hydroxylation sites is 1. The zero-order chi connectivity index (χ0) is 14.8. The van der Waals surface area contributed by atoms with Gasteiger partial charge in [-0.3, -0.25) is 4.79 Å². The van der Waals surface area contributed by atoms with Crippen LogP contribution in [0.15, 0.2) is 51.3 Å². The summed E-state index contributed by atoms with van der Waals surface area (Å²) >= 11 is 0. The first kappa shape index (κ1) is 13.2. The zero-order valence-electron chi connectivity index (χ0n) is 11.8. The third-order valence-corrected chi connectivity index (χ3v) is 3.13. The Kier molecular flexibility index (Phi) is 3.36. The Balaban J connectivity index is 1.88. The Morgan fingerprint density at radius 2 is 2.05 bits per heavy atom. The van der Waals surface area contributed by atoms with Crippen molar-refractivity contribution in [2.45, 2.75) is 6.92 Å². The van der Waals surface area contributed by atoms with Crippen LogP contribution in [0.25, 0.3) is 17.0 Å². The number of aryl methyl sites for hydroxylation is 1. The molecule has 106 valence electrons. The number of carbonyl (C=O) groups excluding carboxylic acids is 1. The highest BCUT2D eigenvalue weighted by molar-refractivity contribution is 6.05. The SMILES string of the molecule is COc1cccc2cc(/C=C/C(=O)c3ccc(C)o3)oc12. The second-order valence-electron chi connectivity index (χ2n) is 4.64. The molecule has 0 spiro atoms. The number of hydrogen-bond donors (Lipinski definition) is 0. The molecule has 0 fully saturated rings. The number of benzene rings is 1. The van der Waals surface area contributed by atoms with Crippen molar-refractivity contribution in [2.24, 2.45) is 0 Å². The first-order chi connectivity index (χ1) is 10.2. The number of ketones is 1. The fourth-order valence-corrected chi connectivity index (χ4v) is 2.11. The summed E-state index contributed by atoms with van der Waals surface area (Å²) in [4.78, 5) is 11.9. The second-order valence-corrected chi connectivity index (χ2v) is 4.64. The predicted molar refractivity (Wildman–Crippen MR) is 79.6 cm³/mol. The summed E-state index contributed by atoms with van der Waals surface area (Å²) in [6, 6.07) is 10.9. The van der Waals surface area contributed by atoms with Gasteiger partial charge >= 0.3 is 0 Å². The summed E-state index contributed by atoms with van der Waals surface area (Å²) in [5.41, 5.74) is 0.668. The molecule has 0 aliphatic carbocycles. The number of ether oxygens (including phenoxy) is 1. The van der Waals surface area contributed by atoms with Gasteiger partial charge in [-0.2, -0.15) is 0 Å². The fourth-order valence-electron chi connectivity index (χ4n) is 2.11. The largest absolute Gasteiger partial charge is 0.493 e. The van der Waals surface area contributed by atoms with Gasteiger partial charge in [0.15, 0.2) is 17.1 Å². The highest BCUT2D eigenvalue weighted by Gasteiger charge is 2.09. The molecule has 3 aromatic rings. The molecular weight excluding hydrogens is 268 g/mol. The van der Waals surface area contributed by atoms with Gasteiger partial charge in [0, 0.05) is 5.39 Å². The van der Waals surface area contributed by atoms with E-state index < -0.39 is 0 Å². The van der Waals surface area contributed by atoms with Crippen LogP contribution in [0, 0.1) is 6.92 Å². The van der Waals surface area contributed by atoms with Gasteiger partial charge in [0.1, 0.15) is 11.5 Å². The maximum atomic E-state index is 11.9. The number of allylic oxidation sites excluding steroid dienone is 1. The molecule has 2 heterocycles. The quantitative estimate of drug-likeness (QED) is 0.530. The molecule has 0 saturated heterocycles. The van der Waals surface area contributed by atoms with E-state index in [2.05, 4.69) is 0 Å². The van der Waals surface area contributed by atoms with Gasteiger partial charge in [0.05, 0.1) is 7.11 Å². The fraction of sp³-hybridized carbons (Fsp3) is 0.118. The standard InChI is InChI=1S/C17H14O4/c1-11-6-9-15(20-11)14(18)8-7-13-10-12-4-3-5-16(19-2)17(12)21-13/h3-10H,1-2H3/b8-7+. The average molecular weight is 282 g/mol. The first-order valence-corrected chi connectivity index (χ1v) is 6.53. The molecule has 2 aromatic heterocycles. The molecule has 0 saturated carbocycles. The number of carbonyl (C=O) groups is 1. The molecular formula is C17H14O4. The van der Waals surface area contributed by atoms with Crippen LogP contribution in [0.1, 0.15) is 22.1 Å². The van der Waals surface area contributed by atoms with Crippen LogP contribution in [-0.2, 0) is 0 Å². The van der Waals surface area contributed by atoms with E-state index in [4.69, 9.17) is 13.6 Å². The minimum absolute atomic E-state index is 0.199. The monoisotopic (exact) mass is 282 g/mol. The lowest BCUT2D eigenvalue weighted by Crippen LogP contribution is -1.90. The summed E-state index contributed by atoms with van der Waals surface area (Å²) in [5, 5.41) is 0.926. The van der Waals surface area contributed by atoms with Crippen molar-refractivity contribution in [1.29, 1.82) is 0 Å². The zero-order valence-corrected chi connectivity index (χ0v) is 11.8. The van der Waals surface area contributed by atoms with Crippen LogP contribution in [0.2, 0.25) is 0 Å². The normalized spacial score (nSPS) is 11.3. The molecule has 21 heavy (non-hydrogen) atoms. The Morgan fingerprint density at radius 1 is 1.19 bits per heavy atom. The van der Waals surface area contributed by atoms with Crippen LogP contribution in [0.4, 0.5) is 0 Å². The molecule has 0 unspecified atom stereocenters. The van der Waals surface area contributed by atoms with E-state index in [0.29, 0.717) is 28.6 Å². The molecule has 0 radical (unpaired) electrons. The Morgan fingerprint density at radius 3 is 2.76 bits per heavy atom. The van der Waals surface area contributed by atoms with Crippen molar-refractivity contribution < 1.29 is 18.4 Å². The molecule has 1 aromatic carbocycles. The molecule has 4 heteroatoms. The number of furan rings is 2.